The summed E-state index contributed by atoms with van der Waals surface area (Å²) in [7, 11) is 1.56. The second-order valence-electron chi connectivity index (χ2n) is 3.90. The van der Waals surface area contributed by atoms with E-state index in [4.69, 9.17) is 15.2 Å². The molecule has 0 aromatic heterocycles. The van der Waals surface area contributed by atoms with Crippen LogP contribution in [0.3, 0.4) is 0 Å². The van der Waals surface area contributed by atoms with Gasteiger partial charge in [-0.05, 0) is 18.2 Å². The molecule has 1 heterocycles. The molecular formula is C12H16FNO2S. The van der Waals surface area contributed by atoms with Crippen molar-refractivity contribution in [3.05, 3.63) is 29.6 Å². The SMILES string of the molecule is COc1ccc(F)cc1C(N)C1CSCCO1. The molecule has 0 spiro atoms. The van der Waals surface area contributed by atoms with Crippen molar-refractivity contribution in [3.63, 3.8) is 0 Å². The lowest BCUT2D eigenvalue weighted by atomic mass is 10.0. The molecule has 1 saturated heterocycles. The van der Waals surface area contributed by atoms with Gasteiger partial charge in [-0.25, -0.2) is 4.39 Å². The van der Waals surface area contributed by atoms with Crippen LogP contribution in [0.15, 0.2) is 18.2 Å². The molecule has 1 aliphatic rings. The Hall–Kier alpha value is -0.780. The van der Waals surface area contributed by atoms with Gasteiger partial charge in [0.15, 0.2) is 0 Å². The predicted octanol–water partition coefficient (Wildman–Crippen LogP) is 1.97. The van der Waals surface area contributed by atoms with E-state index in [1.54, 1.807) is 24.9 Å². The molecule has 2 N–H and O–H groups in total. The molecule has 2 atom stereocenters. The van der Waals surface area contributed by atoms with Crippen molar-refractivity contribution in [2.45, 2.75) is 12.1 Å². The minimum absolute atomic E-state index is 0.0792. The van der Waals surface area contributed by atoms with E-state index in [0.29, 0.717) is 17.9 Å². The van der Waals surface area contributed by atoms with Crippen molar-refractivity contribution < 1.29 is 13.9 Å². The van der Waals surface area contributed by atoms with Crippen molar-refractivity contribution in [3.8, 4) is 5.75 Å². The van der Waals surface area contributed by atoms with Crippen molar-refractivity contribution in [1.82, 2.24) is 0 Å². The normalized spacial score (nSPS) is 22.2. The largest absolute Gasteiger partial charge is 0.496 e. The summed E-state index contributed by atoms with van der Waals surface area (Å²) in [6.07, 6.45) is -0.0792. The smallest absolute Gasteiger partial charge is 0.123 e. The van der Waals surface area contributed by atoms with E-state index in [1.165, 1.54) is 12.1 Å². The van der Waals surface area contributed by atoms with Gasteiger partial charge in [0.1, 0.15) is 11.6 Å². The fourth-order valence-electron chi connectivity index (χ4n) is 1.88. The van der Waals surface area contributed by atoms with Gasteiger partial charge in [-0.1, -0.05) is 0 Å². The van der Waals surface area contributed by atoms with Crippen molar-refractivity contribution in [2.75, 3.05) is 25.2 Å². The highest BCUT2D eigenvalue weighted by Crippen LogP contribution is 2.30. The number of rotatable bonds is 3. The van der Waals surface area contributed by atoms with E-state index < -0.39 is 0 Å². The maximum absolute atomic E-state index is 13.3. The van der Waals surface area contributed by atoms with Crippen LogP contribution in [0.2, 0.25) is 0 Å². The van der Waals surface area contributed by atoms with E-state index in [1.807, 2.05) is 0 Å². The average molecular weight is 257 g/mol. The summed E-state index contributed by atoms with van der Waals surface area (Å²) in [6.45, 7) is 0.695. The monoisotopic (exact) mass is 257 g/mol. The summed E-state index contributed by atoms with van der Waals surface area (Å²) in [6, 6.07) is 4.03. The number of methoxy groups -OCH3 is 1. The fourth-order valence-corrected chi connectivity index (χ4v) is 2.80. The van der Waals surface area contributed by atoms with Crippen LogP contribution in [0, 0.1) is 5.82 Å². The van der Waals surface area contributed by atoms with Crippen LogP contribution in [0.25, 0.3) is 0 Å². The Kier molecular flexibility index (Phi) is 4.25. The third-order valence-electron chi connectivity index (χ3n) is 2.79. The lowest BCUT2D eigenvalue weighted by Crippen LogP contribution is -2.34. The van der Waals surface area contributed by atoms with Gasteiger partial charge < -0.3 is 15.2 Å². The van der Waals surface area contributed by atoms with E-state index in [9.17, 15) is 4.39 Å². The topological polar surface area (TPSA) is 44.5 Å². The van der Waals surface area contributed by atoms with E-state index in [2.05, 4.69) is 0 Å². The maximum Gasteiger partial charge on any atom is 0.123 e. The van der Waals surface area contributed by atoms with Gasteiger partial charge in [-0.15, -0.1) is 0 Å². The van der Waals surface area contributed by atoms with Gasteiger partial charge >= 0.3 is 0 Å². The molecule has 5 heteroatoms. The van der Waals surface area contributed by atoms with Gasteiger partial charge in [0, 0.05) is 17.1 Å². The standard InChI is InChI=1S/C12H16FNO2S/c1-15-10-3-2-8(13)6-9(10)12(14)11-7-17-5-4-16-11/h2-3,6,11-12H,4-5,7,14H2,1H3. The Morgan fingerprint density at radius 1 is 1.59 bits per heavy atom. The summed E-state index contributed by atoms with van der Waals surface area (Å²) in [5, 5.41) is 0. The average Bonchev–Trinajstić information content (AvgIpc) is 2.39. The molecule has 1 aliphatic heterocycles. The Morgan fingerprint density at radius 3 is 3.06 bits per heavy atom. The molecule has 1 aromatic carbocycles. The third kappa shape index (κ3) is 2.91. The lowest BCUT2D eigenvalue weighted by Gasteiger charge is -2.28. The summed E-state index contributed by atoms with van der Waals surface area (Å²) < 4.78 is 24.1. The Labute approximate surface area is 104 Å². The molecule has 0 aliphatic carbocycles. The number of ether oxygens (including phenoxy) is 2. The zero-order valence-electron chi connectivity index (χ0n) is 9.69. The predicted molar refractivity (Wildman–Crippen MR) is 66.9 cm³/mol. The molecule has 3 nitrogen and oxygen atoms in total. The highest BCUT2D eigenvalue weighted by Gasteiger charge is 2.25. The van der Waals surface area contributed by atoms with Crippen molar-refractivity contribution in [2.24, 2.45) is 5.73 Å². The highest BCUT2D eigenvalue weighted by atomic mass is 32.2. The molecule has 1 fully saturated rings. The minimum atomic E-state index is -0.353. The van der Waals surface area contributed by atoms with Gasteiger partial charge in [0.2, 0.25) is 0 Å². The number of nitrogens with two attached hydrogens (primary N) is 1. The number of benzene rings is 1. The van der Waals surface area contributed by atoms with Crippen LogP contribution in [0.5, 0.6) is 5.75 Å². The van der Waals surface area contributed by atoms with Gasteiger partial charge in [-0.3, -0.25) is 0 Å². The highest BCUT2D eigenvalue weighted by molar-refractivity contribution is 7.99. The van der Waals surface area contributed by atoms with Crippen LogP contribution in [0.4, 0.5) is 4.39 Å². The van der Waals surface area contributed by atoms with Crippen LogP contribution in [-0.2, 0) is 4.74 Å². The Morgan fingerprint density at radius 2 is 2.41 bits per heavy atom. The number of thioether (sulfide) groups is 1. The first-order valence-electron chi connectivity index (χ1n) is 5.50. The molecule has 94 valence electrons. The first-order valence-corrected chi connectivity index (χ1v) is 6.66. The summed E-state index contributed by atoms with van der Waals surface area (Å²) in [4.78, 5) is 0. The molecule has 0 amide bonds. The molecule has 0 saturated carbocycles. The van der Waals surface area contributed by atoms with Crippen LogP contribution in [-0.4, -0.2) is 31.3 Å². The molecule has 0 radical (unpaired) electrons. The molecule has 2 rings (SSSR count). The Bertz CT molecular complexity index is 383. The molecule has 2 unspecified atom stereocenters. The maximum atomic E-state index is 13.3. The van der Waals surface area contributed by atoms with Gasteiger partial charge in [0.05, 0.1) is 25.9 Å². The molecule has 0 bridgehead atoms. The lowest BCUT2D eigenvalue weighted by molar-refractivity contribution is 0.0563. The van der Waals surface area contributed by atoms with E-state index in [0.717, 1.165) is 11.5 Å². The zero-order valence-corrected chi connectivity index (χ0v) is 10.5. The van der Waals surface area contributed by atoms with Gasteiger partial charge in [0.25, 0.3) is 0 Å². The van der Waals surface area contributed by atoms with Gasteiger partial charge in [-0.2, -0.15) is 11.8 Å². The first-order chi connectivity index (χ1) is 8.22. The quantitative estimate of drug-likeness (QED) is 0.899. The summed E-state index contributed by atoms with van der Waals surface area (Å²) in [5.74, 6) is 2.13. The summed E-state index contributed by atoms with van der Waals surface area (Å²) in [5.41, 5.74) is 6.80. The molecule has 17 heavy (non-hydrogen) atoms. The Balaban J connectivity index is 2.21. The first kappa shape index (κ1) is 12.7. The number of hydrogen-bond donors (Lipinski definition) is 1. The van der Waals surface area contributed by atoms with Crippen LogP contribution >= 0.6 is 11.8 Å². The van der Waals surface area contributed by atoms with Crippen molar-refractivity contribution >= 4 is 11.8 Å². The minimum Gasteiger partial charge on any atom is -0.496 e. The zero-order chi connectivity index (χ0) is 12.3. The van der Waals surface area contributed by atoms with Crippen LogP contribution < -0.4 is 10.5 Å². The molecule has 1 aromatic rings. The van der Waals surface area contributed by atoms with Crippen molar-refractivity contribution in [1.29, 1.82) is 0 Å². The number of hydrogen-bond acceptors (Lipinski definition) is 4. The fraction of sp³-hybridized carbons (Fsp3) is 0.500. The van der Waals surface area contributed by atoms with E-state index >= 15 is 0 Å². The van der Waals surface area contributed by atoms with Crippen LogP contribution in [0.1, 0.15) is 11.6 Å². The summed E-state index contributed by atoms with van der Waals surface area (Å²) >= 11 is 1.80. The third-order valence-corrected chi connectivity index (χ3v) is 3.81. The second kappa shape index (κ2) is 5.71. The second-order valence-corrected chi connectivity index (χ2v) is 5.05. The molecular weight excluding hydrogens is 241 g/mol. The van der Waals surface area contributed by atoms with E-state index in [-0.39, 0.29) is 18.0 Å². The number of halogens is 1.